The van der Waals surface area contributed by atoms with Crippen molar-refractivity contribution in [1.82, 2.24) is 4.98 Å². The molecule has 0 saturated carbocycles. The lowest BCUT2D eigenvalue weighted by Crippen LogP contribution is -2.15. The summed E-state index contributed by atoms with van der Waals surface area (Å²) in [6.07, 6.45) is 1.96. The van der Waals surface area contributed by atoms with Crippen molar-refractivity contribution in [2.24, 2.45) is 5.92 Å². The molecular weight excluding hydrogens is 574 g/mol. The molecular formula is C44H33NO2. The third-order valence-corrected chi connectivity index (χ3v) is 9.77. The molecule has 0 saturated heterocycles. The number of oxazole rings is 1. The minimum Gasteiger partial charge on any atom is -0.485 e. The average molecular weight is 608 g/mol. The minimum atomic E-state index is -0.00436. The molecule has 8 aromatic rings. The fraction of sp³-hybridized carbons (Fsp3) is 0.114. The van der Waals surface area contributed by atoms with Gasteiger partial charge in [-0.3, -0.25) is 0 Å². The Bertz CT molecular complexity index is 2380. The Labute approximate surface area is 274 Å². The molecule has 0 bridgehead atoms. The zero-order valence-corrected chi connectivity index (χ0v) is 26.2. The van der Waals surface area contributed by atoms with Crippen LogP contribution in [0.3, 0.4) is 0 Å². The highest BCUT2D eigenvalue weighted by Crippen LogP contribution is 2.51. The fourth-order valence-electron chi connectivity index (χ4n) is 7.53. The van der Waals surface area contributed by atoms with Crippen molar-refractivity contribution >= 4 is 32.6 Å². The molecule has 2 atom stereocenters. The van der Waals surface area contributed by atoms with Gasteiger partial charge in [-0.2, -0.15) is 0 Å². The van der Waals surface area contributed by atoms with Crippen LogP contribution in [0, 0.1) is 5.92 Å². The fourth-order valence-corrected chi connectivity index (χ4v) is 7.53. The zero-order chi connectivity index (χ0) is 31.3. The van der Waals surface area contributed by atoms with Gasteiger partial charge in [0.1, 0.15) is 17.4 Å². The predicted molar refractivity (Wildman–Crippen MR) is 193 cm³/mol. The van der Waals surface area contributed by atoms with Gasteiger partial charge in [0.15, 0.2) is 5.58 Å². The van der Waals surface area contributed by atoms with Gasteiger partial charge in [0.25, 0.3) is 0 Å². The molecule has 3 nitrogen and oxygen atoms in total. The minimum absolute atomic E-state index is 0.00436. The quantitative estimate of drug-likeness (QED) is 0.187. The molecule has 0 aliphatic carbocycles. The molecule has 0 N–H and O–H groups in total. The van der Waals surface area contributed by atoms with E-state index in [-0.39, 0.29) is 6.10 Å². The van der Waals surface area contributed by atoms with Crippen LogP contribution in [0.1, 0.15) is 30.6 Å². The highest BCUT2D eigenvalue weighted by Gasteiger charge is 2.30. The molecule has 3 heteroatoms. The van der Waals surface area contributed by atoms with E-state index in [1.54, 1.807) is 0 Å². The summed E-state index contributed by atoms with van der Waals surface area (Å²) in [5, 5.41) is 4.74. The van der Waals surface area contributed by atoms with Crippen LogP contribution in [0.4, 0.5) is 0 Å². The van der Waals surface area contributed by atoms with Gasteiger partial charge >= 0.3 is 0 Å². The summed E-state index contributed by atoms with van der Waals surface area (Å²) in [6, 6.07) is 51.2. The maximum atomic E-state index is 7.01. The van der Waals surface area contributed by atoms with Gasteiger partial charge in [-0.05, 0) is 87.5 Å². The van der Waals surface area contributed by atoms with Gasteiger partial charge in [-0.1, -0.05) is 122 Å². The Kier molecular flexibility index (Phi) is 6.64. The van der Waals surface area contributed by atoms with Gasteiger partial charge in [0, 0.05) is 22.1 Å². The second kappa shape index (κ2) is 11.3. The van der Waals surface area contributed by atoms with Crippen molar-refractivity contribution < 1.29 is 9.15 Å². The first-order valence-electron chi connectivity index (χ1n) is 16.5. The van der Waals surface area contributed by atoms with Crippen molar-refractivity contribution in [2.75, 3.05) is 0 Å². The summed E-state index contributed by atoms with van der Waals surface area (Å²) in [6.45, 7) is 2.32. The van der Waals surface area contributed by atoms with E-state index in [1.165, 1.54) is 44.0 Å². The molecule has 1 aliphatic heterocycles. The molecule has 1 aliphatic rings. The second-order valence-electron chi connectivity index (χ2n) is 12.6. The highest BCUT2D eigenvalue weighted by molar-refractivity contribution is 6.28. The van der Waals surface area contributed by atoms with Crippen LogP contribution in [0.2, 0.25) is 0 Å². The second-order valence-corrected chi connectivity index (χ2v) is 12.6. The maximum absolute atomic E-state index is 7.01. The van der Waals surface area contributed by atoms with E-state index in [2.05, 4.69) is 134 Å². The van der Waals surface area contributed by atoms with Crippen molar-refractivity contribution in [1.29, 1.82) is 0 Å². The zero-order valence-electron chi connectivity index (χ0n) is 26.2. The molecule has 2 unspecified atom stereocenters. The Balaban J connectivity index is 1.42. The summed E-state index contributed by atoms with van der Waals surface area (Å²) >= 11 is 0. The summed E-state index contributed by atoms with van der Waals surface area (Å²) in [5.74, 6) is 1.96. The van der Waals surface area contributed by atoms with Gasteiger partial charge in [0.2, 0.25) is 5.89 Å². The topological polar surface area (TPSA) is 35.3 Å². The first-order chi connectivity index (χ1) is 23.2. The number of nitrogens with zero attached hydrogens (tertiary/aromatic N) is 1. The van der Waals surface area contributed by atoms with E-state index in [1.807, 2.05) is 18.2 Å². The summed E-state index contributed by atoms with van der Waals surface area (Å²) in [7, 11) is 0. The molecule has 7 aromatic carbocycles. The molecule has 0 spiro atoms. The molecule has 1 aromatic heterocycles. The first kappa shape index (κ1) is 27.6. The largest absolute Gasteiger partial charge is 0.485 e. The van der Waals surface area contributed by atoms with Crippen molar-refractivity contribution in [3.05, 3.63) is 157 Å². The Morgan fingerprint density at radius 3 is 1.79 bits per heavy atom. The molecule has 9 rings (SSSR count). The highest BCUT2D eigenvalue weighted by atomic mass is 16.5. The Hall–Kier alpha value is -5.67. The summed E-state index contributed by atoms with van der Waals surface area (Å²) < 4.78 is 13.5. The monoisotopic (exact) mass is 607 g/mol. The normalized spacial score (nSPS) is 16.2. The predicted octanol–water partition coefficient (Wildman–Crippen LogP) is 11.8. The molecule has 0 amide bonds. The van der Waals surface area contributed by atoms with Crippen molar-refractivity contribution in [3.8, 4) is 39.5 Å². The number of hydrogen-bond acceptors (Lipinski definition) is 3. The van der Waals surface area contributed by atoms with Crippen LogP contribution in [-0.4, -0.2) is 4.98 Å². The number of ether oxygens (including phenoxy) is 1. The molecule has 0 fully saturated rings. The number of hydrogen-bond donors (Lipinski definition) is 0. The number of rotatable bonds is 4. The lowest BCUT2D eigenvalue weighted by atomic mass is 9.82. The lowest BCUT2D eigenvalue weighted by Gasteiger charge is -2.24. The van der Waals surface area contributed by atoms with E-state index in [0.717, 1.165) is 46.2 Å². The smallest absolute Gasteiger partial charge is 0.227 e. The van der Waals surface area contributed by atoms with Gasteiger partial charge < -0.3 is 9.15 Å². The molecule has 2 heterocycles. The first-order valence-corrected chi connectivity index (χ1v) is 16.5. The van der Waals surface area contributed by atoms with Gasteiger partial charge in [-0.25, -0.2) is 4.98 Å². The SMILES string of the molecule is CC1CCc2c(ccc3c2c(-c2ccccc2)c(-c2ccccc2)c2c3ccc3oc(-c4ccccc4)nc32)OC1c1ccccc1. The number of aryl methyl sites for hydroxylation is 1. The van der Waals surface area contributed by atoms with Crippen LogP contribution in [-0.2, 0) is 6.42 Å². The summed E-state index contributed by atoms with van der Waals surface area (Å²) in [4.78, 5) is 5.20. The molecule has 0 radical (unpaired) electrons. The van der Waals surface area contributed by atoms with Crippen LogP contribution in [0.15, 0.2) is 150 Å². The Morgan fingerprint density at radius 1 is 0.574 bits per heavy atom. The third-order valence-electron chi connectivity index (χ3n) is 9.77. The van der Waals surface area contributed by atoms with Crippen LogP contribution in [0.25, 0.3) is 66.4 Å². The number of fused-ring (bicyclic) bond motifs is 7. The third kappa shape index (κ3) is 4.61. The summed E-state index contributed by atoms with van der Waals surface area (Å²) in [5.41, 5.74) is 9.83. The van der Waals surface area contributed by atoms with Crippen molar-refractivity contribution in [3.63, 3.8) is 0 Å². The Morgan fingerprint density at radius 2 is 1.13 bits per heavy atom. The van der Waals surface area contributed by atoms with Crippen LogP contribution < -0.4 is 4.74 Å². The van der Waals surface area contributed by atoms with E-state index >= 15 is 0 Å². The van der Waals surface area contributed by atoms with Gasteiger partial charge in [-0.15, -0.1) is 0 Å². The average Bonchev–Trinajstić information content (AvgIpc) is 3.51. The van der Waals surface area contributed by atoms with Crippen molar-refractivity contribution in [2.45, 2.75) is 25.9 Å². The molecule has 226 valence electrons. The molecule has 47 heavy (non-hydrogen) atoms. The van der Waals surface area contributed by atoms with Gasteiger partial charge in [0.05, 0.1) is 0 Å². The number of benzene rings is 7. The van der Waals surface area contributed by atoms with E-state index in [9.17, 15) is 0 Å². The van der Waals surface area contributed by atoms with Crippen LogP contribution in [0.5, 0.6) is 5.75 Å². The van der Waals surface area contributed by atoms with E-state index in [4.69, 9.17) is 14.1 Å². The van der Waals surface area contributed by atoms with Crippen LogP contribution >= 0.6 is 0 Å². The maximum Gasteiger partial charge on any atom is 0.227 e. The lowest BCUT2D eigenvalue weighted by molar-refractivity contribution is 0.148. The number of aromatic nitrogens is 1. The van der Waals surface area contributed by atoms with E-state index in [0.29, 0.717) is 11.8 Å². The standard InChI is InChI=1S/C44H33NO2/c1-28-22-23-35-36(46-43(28)31-18-10-4-11-19-31)26-24-33-34-25-27-37-42(45-44(47-37)32-20-12-5-13-21-32)41(34)39(30-16-8-3-9-17-30)38(40(33)35)29-14-6-2-7-15-29/h2-21,24-28,43H,22-23H2,1H3. The van der Waals surface area contributed by atoms with E-state index < -0.39 is 0 Å².